The molecule has 0 aromatic heterocycles. The Morgan fingerprint density at radius 3 is 2.26 bits per heavy atom. The standard InChI is InChI=1S/C22H23NO3S/c1-16(24)26-23-21(15-17-7-5-6-8-17)22(25)18-11-13-20(14-12-18)27-19-9-3-2-4-10-19/h2-4,9-14,17H,5-8,15H2,1H3/b23-21+. The molecule has 0 unspecified atom stereocenters. The first-order valence-electron chi connectivity index (χ1n) is 9.24. The number of nitrogens with zero attached hydrogens (tertiary/aromatic N) is 1. The summed E-state index contributed by atoms with van der Waals surface area (Å²) >= 11 is 1.65. The Hall–Kier alpha value is -2.40. The van der Waals surface area contributed by atoms with Gasteiger partial charge in [-0.2, -0.15) is 0 Å². The van der Waals surface area contributed by atoms with Gasteiger partial charge in [0.05, 0.1) is 0 Å². The van der Waals surface area contributed by atoms with Gasteiger partial charge in [0.15, 0.2) is 0 Å². The molecule has 5 heteroatoms. The van der Waals surface area contributed by atoms with Crippen molar-refractivity contribution in [1.82, 2.24) is 0 Å². The van der Waals surface area contributed by atoms with Gasteiger partial charge in [-0.05, 0) is 48.7 Å². The number of carbonyl (C=O) groups excluding carboxylic acids is 2. The van der Waals surface area contributed by atoms with E-state index in [1.807, 2.05) is 42.5 Å². The predicted octanol–water partition coefficient (Wildman–Crippen LogP) is 5.52. The zero-order valence-corrected chi connectivity index (χ0v) is 16.2. The van der Waals surface area contributed by atoms with Gasteiger partial charge in [-0.1, -0.05) is 60.8 Å². The number of carbonyl (C=O) groups is 2. The summed E-state index contributed by atoms with van der Waals surface area (Å²) in [5.41, 5.74) is 0.900. The molecule has 0 saturated heterocycles. The third-order valence-corrected chi connectivity index (χ3v) is 5.61. The molecule has 4 nitrogen and oxygen atoms in total. The molecule has 0 radical (unpaired) electrons. The summed E-state index contributed by atoms with van der Waals surface area (Å²) in [6.07, 6.45) is 5.13. The summed E-state index contributed by atoms with van der Waals surface area (Å²) in [4.78, 5) is 31.0. The van der Waals surface area contributed by atoms with Crippen molar-refractivity contribution < 1.29 is 14.4 Å². The normalized spacial score (nSPS) is 14.9. The van der Waals surface area contributed by atoms with Crippen molar-refractivity contribution in [3.8, 4) is 0 Å². The quantitative estimate of drug-likeness (QED) is 0.274. The van der Waals surface area contributed by atoms with Gasteiger partial charge < -0.3 is 4.84 Å². The summed E-state index contributed by atoms with van der Waals surface area (Å²) in [6.45, 7) is 1.29. The topological polar surface area (TPSA) is 55.7 Å². The average molecular weight is 381 g/mol. The van der Waals surface area contributed by atoms with E-state index in [1.165, 1.54) is 19.8 Å². The molecule has 0 amide bonds. The van der Waals surface area contributed by atoms with E-state index in [0.717, 1.165) is 22.6 Å². The van der Waals surface area contributed by atoms with Crippen molar-refractivity contribution in [2.75, 3.05) is 0 Å². The maximum Gasteiger partial charge on any atom is 0.331 e. The fourth-order valence-electron chi connectivity index (χ4n) is 3.24. The minimum absolute atomic E-state index is 0.167. The molecule has 2 aromatic rings. The van der Waals surface area contributed by atoms with Crippen LogP contribution in [0.5, 0.6) is 0 Å². The maximum atomic E-state index is 12.9. The van der Waals surface area contributed by atoms with Gasteiger partial charge in [-0.25, -0.2) is 4.79 Å². The molecule has 0 N–H and O–H groups in total. The number of Topliss-reactive ketones (excluding diaryl/α,β-unsaturated/α-hetero) is 1. The lowest BCUT2D eigenvalue weighted by Crippen LogP contribution is -2.18. The molecule has 1 saturated carbocycles. The molecule has 3 rings (SSSR count). The molecule has 0 aliphatic heterocycles. The zero-order chi connectivity index (χ0) is 19.1. The number of hydrogen-bond donors (Lipinski definition) is 0. The van der Waals surface area contributed by atoms with E-state index in [0.29, 0.717) is 23.6 Å². The van der Waals surface area contributed by atoms with Crippen molar-refractivity contribution in [2.24, 2.45) is 11.1 Å². The summed E-state index contributed by atoms with van der Waals surface area (Å²) < 4.78 is 0. The third kappa shape index (κ3) is 5.79. The van der Waals surface area contributed by atoms with Crippen LogP contribution in [-0.2, 0) is 9.63 Å². The zero-order valence-electron chi connectivity index (χ0n) is 15.4. The fourth-order valence-corrected chi connectivity index (χ4v) is 4.08. The molecule has 27 heavy (non-hydrogen) atoms. The van der Waals surface area contributed by atoms with Crippen molar-refractivity contribution in [3.63, 3.8) is 0 Å². The second-order valence-electron chi connectivity index (χ2n) is 6.74. The van der Waals surface area contributed by atoms with E-state index in [4.69, 9.17) is 4.84 Å². The molecule has 1 aliphatic rings. The monoisotopic (exact) mass is 381 g/mol. The minimum atomic E-state index is -0.513. The highest BCUT2D eigenvalue weighted by Crippen LogP contribution is 2.30. The summed E-state index contributed by atoms with van der Waals surface area (Å²) in [7, 11) is 0. The second kappa shape index (κ2) is 9.51. The van der Waals surface area contributed by atoms with Gasteiger partial charge in [0, 0.05) is 22.3 Å². The minimum Gasteiger partial charge on any atom is -0.318 e. The van der Waals surface area contributed by atoms with Crippen LogP contribution in [0.25, 0.3) is 0 Å². The van der Waals surface area contributed by atoms with Crippen LogP contribution in [0.1, 0.15) is 49.4 Å². The average Bonchev–Trinajstić information content (AvgIpc) is 3.19. The van der Waals surface area contributed by atoms with Crippen LogP contribution in [0.4, 0.5) is 0 Å². The summed E-state index contributed by atoms with van der Waals surface area (Å²) in [5, 5.41) is 3.87. The Morgan fingerprint density at radius 2 is 1.63 bits per heavy atom. The molecule has 0 spiro atoms. The van der Waals surface area contributed by atoms with Crippen LogP contribution in [-0.4, -0.2) is 17.5 Å². The van der Waals surface area contributed by atoms with Crippen LogP contribution in [0.15, 0.2) is 69.5 Å². The Kier molecular flexibility index (Phi) is 6.82. The molecule has 140 valence electrons. The summed E-state index contributed by atoms with van der Waals surface area (Å²) in [5.74, 6) is -0.239. The molecular weight excluding hydrogens is 358 g/mol. The first kappa shape index (κ1) is 19.4. The molecular formula is C22H23NO3S. The smallest absolute Gasteiger partial charge is 0.318 e. The molecule has 1 aliphatic carbocycles. The number of oxime groups is 1. The SMILES string of the molecule is CC(=O)O/N=C(\CC1CCCC1)C(=O)c1ccc(Sc2ccccc2)cc1. The lowest BCUT2D eigenvalue weighted by atomic mass is 9.96. The van der Waals surface area contributed by atoms with Crippen molar-refractivity contribution >= 4 is 29.2 Å². The predicted molar refractivity (Wildman–Crippen MR) is 107 cm³/mol. The number of rotatable bonds is 7. The van der Waals surface area contributed by atoms with E-state index in [-0.39, 0.29) is 5.78 Å². The summed E-state index contributed by atoms with van der Waals surface area (Å²) in [6, 6.07) is 17.6. The third-order valence-electron chi connectivity index (χ3n) is 4.60. The van der Waals surface area contributed by atoms with E-state index in [1.54, 1.807) is 11.8 Å². The van der Waals surface area contributed by atoms with Crippen LogP contribution in [0.2, 0.25) is 0 Å². The molecule has 0 atom stereocenters. The Labute approximate surface area is 164 Å². The second-order valence-corrected chi connectivity index (χ2v) is 7.89. The fraction of sp³-hybridized carbons (Fsp3) is 0.318. The lowest BCUT2D eigenvalue weighted by Gasteiger charge is -2.11. The highest BCUT2D eigenvalue weighted by Gasteiger charge is 2.23. The molecule has 2 aromatic carbocycles. The van der Waals surface area contributed by atoms with Gasteiger partial charge in [-0.15, -0.1) is 0 Å². The maximum absolute atomic E-state index is 12.9. The van der Waals surface area contributed by atoms with Crippen molar-refractivity contribution in [1.29, 1.82) is 0 Å². The van der Waals surface area contributed by atoms with E-state index < -0.39 is 5.97 Å². The molecule has 1 fully saturated rings. The number of benzene rings is 2. The largest absolute Gasteiger partial charge is 0.331 e. The van der Waals surface area contributed by atoms with Gasteiger partial charge >= 0.3 is 5.97 Å². The van der Waals surface area contributed by atoms with Crippen LogP contribution >= 0.6 is 11.8 Å². The van der Waals surface area contributed by atoms with Gasteiger partial charge in [0.2, 0.25) is 5.78 Å². The van der Waals surface area contributed by atoms with Crippen LogP contribution < -0.4 is 0 Å². The van der Waals surface area contributed by atoms with Crippen molar-refractivity contribution in [3.05, 3.63) is 60.2 Å². The Morgan fingerprint density at radius 1 is 1.00 bits per heavy atom. The lowest BCUT2D eigenvalue weighted by molar-refractivity contribution is -0.140. The van der Waals surface area contributed by atoms with Gasteiger partial charge in [-0.3, -0.25) is 4.79 Å². The van der Waals surface area contributed by atoms with Crippen LogP contribution in [0, 0.1) is 5.92 Å². The number of hydrogen-bond acceptors (Lipinski definition) is 5. The van der Waals surface area contributed by atoms with E-state index >= 15 is 0 Å². The number of ketones is 1. The molecule has 0 bridgehead atoms. The molecule has 0 heterocycles. The van der Waals surface area contributed by atoms with Gasteiger partial charge in [0.1, 0.15) is 5.71 Å². The highest BCUT2D eigenvalue weighted by molar-refractivity contribution is 7.99. The van der Waals surface area contributed by atoms with Crippen molar-refractivity contribution in [2.45, 2.75) is 48.8 Å². The first-order valence-corrected chi connectivity index (χ1v) is 10.1. The van der Waals surface area contributed by atoms with E-state index in [9.17, 15) is 9.59 Å². The Bertz CT molecular complexity index is 809. The Balaban J connectivity index is 1.72. The first-order chi connectivity index (χ1) is 13.1. The highest BCUT2D eigenvalue weighted by atomic mass is 32.2. The van der Waals surface area contributed by atoms with Crippen LogP contribution in [0.3, 0.4) is 0 Å². The van der Waals surface area contributed by atoms with E-state index in [2.05, 4.69) is 17.3 Å². The van der Waals surface area contributed by atoms with Gasteiger partial charge in [0.25, 0.3) is 0 Å².